The highest BCUT2D eigenvalue weighted by Crippen LogP contribution is 2.17. The van der Waals surface area contributed by atoms with Gasteiger partial charge in [0.1, 0.15) is 5.82 Å². The second-order valence-electron chi connectivity index (χ2n) is 6.44. The van der Waals surface area contributed by atoms with Crippen molar-refractivity contribution < 1.29 is 9.13 Å². The summed E-state index contributed by atoms with van der Waals surface area (Å²) in [5.74, 6) is -0.230. The predicted molar refractivity (Wildman–Crippen MR) is 103 cm³/mol. The Morgan fingerprint density at radius 2 is 2.08 bits per heavy atom. The van der Waals surface area contributed by atoms with Crippen LogP contribution in [0.2, 0.25) is 0 Å². The maximum absolute atomic E-state index is 13.5. The van der Waals surface area contributed by atoms with Gasteiger partial charge in [-0.2, -0.15) is 0 Å². The molecule has 0 aliphatic carbocycles. The highest BCUT2D eigenvalue weighted by molar-refractivity contribution is 7.80. The number of ether oxygens (including phenoxy) is 1. The number of benzene rings is 2. The molecule has 1 fully saturated rings. The molecule has 1 heterocycles. The first-order chi connectivity index (χ1) is 12.1. The van der Waals surface area contributed by atoms with Gasteiger partial charge in [0.2, 0.25) is 0 Å². The third-order valence-corrected chi connectivity index (χ3v) is 4.66. The van der Waals surface area contributed by atoms with Crippen LogP contribution in [0.5, 0.6) is 0 Å². The average Bonchev–Trinajstić information content (AvgIpc) is 3.09. The van der Waals surface area contributed by atoms with Crippen molar-refractivity contribution in [2.24, 2.45) is 0 Å². The van der Waals surface area contributed by atoms with Gasteiger partial charge in [-0.1, -0.05) is 29.8 Å². The first-order valence-corrected chi connectivity index (χ1v) is 8.99. The fraction of sp³-hybridized carbons (Fsp3) is 0.350. The monoisotopic (exact) mass is 358 g/mol. The summed E-state index contributed by atoms with van der Waals surface area (Å²) in [6, 6.07) is 14.8. The number of rotatable bonds is 5. The maximum Gasteiger partial charge on any atom is 0.173 e. The zero-order chi connectivity index (χ0) is 17.6. The lowest BCUT2D eigenvalue weighted by molar-refractivity contribution is 0.0905. The molecule has 2 aromatic rings. The first kappa shape index (κ1) is 17.8. The van der Waals surface area contributed by atoms with Crippen LogP contribution in [0.15, 0.2) is 48.5 Å². The number of halogens is 1. The van der Waals surface area contributed by atoms with E-state index in [4.69, 9.17) is 17.0 Å². The molecule has 1 aliphatic heterocycles. The topological polar surface area (TPSA) is 24.5 Å². The molecule has 1 atom stereocenters. The van der Waals surface area contributed by atoms with Gasteiger partial charge in [0.05, 0.1) is 6.10 Å². The van der Waals surface area contributed by atoms with Crippen molar-refractivity contribution in [1.29, 1.82) is 0 Å². The summed E-state index contributed by atoms with van der Waals surface area (Å²) < 4.78 is 19.3. The molecule has 0 bridgehead atoms. The molecule has 0 amide bonds. The molecule has 1 aliphatic rings. The SMILES string of the molecule is Cc1ccc(NC(=S)N(Cc2cccc(F)c2)CC2CCCO2)cc1. The summed E-state index contributed by atoms with van der Waals surface area (Å²) in [5, 5.41) is 3.91. The molecule has 0 spiro atoms. The Bertz CT molecular complexity index is 714. The van der Waals surface area contributed by atoms with E-state index in [1.807, 2.05) is 30.3 Å². The molecule has 25 heavy (non-hydrogen) atoms. The van der Waals surface area contributed by atoms with Crippen molar-refractivity contribution in [2.75, 3.05) is 18.5 Å². The van der Waals surface area contributed by atoms with E-state index in [1.54, 1.807) is 12.1 Å². The summed E-state index contributed by atoms with van der Waals surface area (Å²) in [6.45, 7) is 4.11. The van der Waals surface area contributed by atoms with Gasteiger partial charge in [0.15, 0.2) is 5.11 Å². The molecule has 0 saturated carbocycles. The molecule has 132 valence electrons. The van der Waals surface area contributed by atoms with Crippen molar-refractivity contribution in [2.45, 2.75) is 32.4 Å². The Kier molecular flexibility index (Phi) is 6.00. The van der Waals surface area contributed by atoms with Gasteiger partial charge in [-0.25, -0.2) is 4.39 Å². The standard InChI is InChI=1S/C20H23FN2OS/c1-15-7-9-18(10-8-15)22-20(25)23(14-19-6-3-11-24-19)13-16-4-2-5-17(21)12-16/h2,4-5,7-10,12,19H,3,6,11,13-14H2,1H3,(H,22,25). The molecule has 1 unspecified atom stereocenters. The summed E-state index contributed by atoms with van der Waals surface area (Å²) in [5.41, 5.74) is 3.05. The van der Waals surface area contributed by atoms with E-state index in [2.05, 4.69) is 17.1 Å². The molecular formula is C20H23FN2OS. The number of hydrogen-bond donors (Lipinski definition) is 1. The van der Waals surface area contributed by atoms with Crippen molar-refractivity contribution in [1.82, 2.24) is 4.90 Å². The van der Waals surface area contributed by atoms with Crippen LogP contribution >= 0.6 is 12.2 Å². The van der Waals surface area contributed by atoms with Crippen LogP contribution in [-0.2, 0) is 11.3 Å². The van der Waals surface area contributed by atoms with Gasteiger partial charge in [0, 0.05) is 25.4 Å². The zero-order valence-electron chi connectivity index (χ0n) is 14.4. The third-order valence-electron chi connectivity index (χ3n) is 4.30. The molecule has 3 rings (SSSR count). The lowest BCUT2D eigenvalue weighted by atomic mass is 10.2. The molecule has 1 saturated heterocycles. The van der Waals surface area contributed by atoms with Crippen LogP contribution in [0.3, 0.4) is 0 Å². The fourth-order valence-electron chi connectivity index (χ4n) is 2.95. The molecular weight excluding hydrogens is 335 g/mol. The number of thiocarbonyl (C=S) groups is 1. The predicted octanol–water partition coefficient (Wildman–Crippen LogP) is 4.51. The highest BCUT2D eigenvalue weighted by Gasteiger charge is 2.21. The van der Waals surface area contributed by atoms with E-state index in [1.165, 1.54) is 11.6 Å². The highest BCUT2D eigenvalue weighted by atomic mass is 32.1. The molecule has 3 nitrogen and oxygen atoms in total. The van der Waals surface area contributed by atoms with E-state index in [9.17, 15) is 4.39 Å². The first-order valence-electron chi connectivity index (χ1n) is 8.59. The summed E-state index contributed by atoms with van der Waals surface area (Å²) >= 11 is 5.62. The number of hydrogen-bond acceptors (Lipinski definition) is 2. The maximum atomic E-state index is 13.5. The van der Waals surface area contributed by atoms with E-state index < -0.39 is 0 Å². The molecule has 1 N–H and O–H groups in total. The van der Waals surface area contributed by atoms with Gasteiger partial charge in [-0.05, 0) is 61.8 Å². The second-order valence-corrected chi connectivity index (χ2v) is 6.83. The molecule has 5 heteroatoms. The fourth-order valence-corrected chi connectivity index (χ4v) is 3.21. The summed E-state index contributed by atoms with van der Waals surface area (Å²) in [6.07, 6.45) is 2.29. The minimum Gasteiger partial charge on any atom is -0.376 e. The Balaban J connectivity index is 1.71. The van der Waals surface area contributed by atoms with Gasteiger partial charge in [-0.15, -0.1) is 0 Å². The van der Waals surface area contributed by atoms with Gasteiger partial charge < -0.3 is 15.0 Å². The van der Waals surface area contributed by atoms with Crippen LogP contribution in [0, 0.1) is 12.7 Å². The molecule has 0 radical (unpaired) electrons. The largest absolute Gasteiger partial charge is 0.376 e. The normalized spacial score (nSPS) is 16.6. The van der Waals surface area contributed by atoms with Crippen molar-refractivity contribution in [3.05, 3.63) is 65.5 Å². The zero-order valence-corrected chi connectivity index (χ0v) is 15.2. The number of aryl methyl sites for hydroxylation is 1. The van der Waals surface area contributed by atoms with E-state index in [-0.39, 0.29) is 11.9 Å². The van der Waals surface area contributed by atoms with Gasteiger partial charge in [-0.3, -0.25) is 0 Å². The van der Waals surface area contributed by atoms with Gasteiger partial charge in [0.25, 0.3) is 0 Å². The number of nitrogens with one attached hydrogen (secondary N) is 1. The lowest BCUT2D eigenvalue weighted by Crippen LogP contribution is -2.39. The Labute approximate surface area is 153 Å². The Morgan fingerprint density at radius 1 is 1.28 bits per heavy atom. The Morgan fingerprint density at radius 3 is 2.76 bits per heavy atom. The summed E-state index contributed by atoms with van der Waals surface area (Å²) in [7, 11) is 0. The summed E-state index contributed by atoms with van der Waals surface area (Å²) in [4.78, 5) is 2.06. The van der Waals surface area contributed by atoms with E-state index in [0.717, 1.165) is 30.7 Å². The van der Waals surface area contributed by atoms with Crippen LogP contribution in [0.4, 0.5) is 10.1 Å². The van der Waals surface area contributed by atoms with Crippen molar-refractivity contribution in [3.8, 4) is 0 Å². The molecule has 2 aromatic carbocycles. The average molecular weight is 358 g/mol. The Hall–Kier alpha value is -1.98. The van der Waals surface area contributed by atoms with Crippen molar-refractivity contribution >= 4 is 23.0 Å². The van der Waals surface area contributed by atoms with Crippen molar-refractivity contribution in [3.63, 3.8) is 0 Å². The quantitative estimate of drug-likeness (QED) is 0.795. The van der Waals surface area contributed by atoms with E-state index in [0.29, 0.717) is 18.2 Å². The van der Waals surface area contributed by atoms with E-state index >= 15 is 0 Å². The lowest BCUT2D eigenvalue weighted by Gasteiger charge is -2.28. The van der Waals surface area contributed by atoms with Crippen LogP contribution < -0.4 is 5.32 Å². The van der Waals surface area contributed by atoms with Crippen LogP contribution in [0.25, 0.3) is 0 Å². The third kappa shape index (κ3) is 5.25. The van der Waals surface area contributed by atoms with Crippen LogP contribution in [-0.4, -0.2) is 29.3 Å². The number of anilines is 1. The molecule has 0 aromatic heterocycles. The minimum atomic E-state index is -0.230. The second kappa shape index (κ2) is 8.41. The van der Waals surface area contributed by atoms with Gasteiger partial charge >= 0.3 is 0 Å². The smallest absolute Gasteiger partial charge is 0.173 e. The number of nitrogens with zero attached hydrogens (tertiary/aromatic N) is 1. The van der Waals surface area contributed by atoms with Crippen LogP contribution in [0.1, 0.15) is 24.0 Å². The minimum absolute atomic E-state index is 0.173.